The number of oxime groups is 1. The van der Waals surface area contributed by atoms with Crippen LogP contribution in [0, 0.1) is 5.82 Å². The Balaban J connectivity index is 1.22. The summed E-state index contributed by atoms with van der Waals surface area (Å²) < 4.78 is 35.7. The van der Waals surface area contributed by atoms with Crippen molar-refractivity contribution in [3.05, 3.63) is 48.0 Å². The number of ether oxygens (including phenoxy) is 1. The molecule has 0 spiro atoms. The second-order valence-corrected chi connectivity index (χ2v) is 9.57. The summed E-state index contributed by atoms with van der Waals surface area (Å²) in [5.41, 5.74) is 2.17. The highest BCUT2D eigenvalue weighted by atomic mass is 31.2. The molecule has 1 amide bonds. The molecule has 0 saturated carbocycles. The smallest absolute Gasteiger partial charge is 0.442 e. The normalized spacial score (nSPS) is 21.6. The van der Waals surface area contributed by atoms with Gasteiger partial charge in [-0.15, -0.1) is 0 Å². The first-order valence-electron chi connectivity index (χ1n) is 11.0. The van der Waals surface area contributed by atoms with E-state index in [1.807, 2.05) is 0 Å². The van der Waals surface area contributed by atoms with Crippen molar-refractivity contribution in [2.24, 2.45) is 15.5 Å². The quantitative estimate of drug-likeness (QED) is 0.499. The van der Waals surface area contributed by atoms with Gasteiger partial charge in [0.05, 0.1) is 44.2 Å². The van der Waals surface area contributed by atoms with E-state index in [1.165, 1.54) is 17.2 Å². The number of halogens is 1. The zero-order chi connectivity index (χ0) is 25.3. The Kier molecular flexibility index (Phi) is 6.67. The average Bonchev–Trinajstić information content (AvgIpc) is 3.59. The maximum Gasteiger partial charge on any atom is 0.469 e. The van der Waals surface area contributed by atoms with Crippen LogP contribution in [0.4, 0.5) is 14.9 Å². The molecule has 2 N–H and O–H groups in total. The molecule has 15 heteroatoms. The minimum absolute atomic E-state index is 0.253. The van der Waals surface area contributed by atoms with Crippen molar-refractivity contribution in [2.45, 2.75) is 18.6 Å². The van der Waals surface area contributed by atoms with E-state index >= 15 is 4.39 Å². The monoisotopic (exact) mass is 520 g/mol. The molecule has 4 heterocycles. The molecule has 36 heavy (non-hydrogen) atoms. The maximum atomic E-state index is 15.0. The van der Waals surface area contributed by atoms with Crippen LogP contribution in [-0.4, -0.2) is 76.6 Å². The Morgan fingerprint density at radius 1 is 1.22 bits per heavy atom. The fraction of sp³-hybridized carbons (Fsp3) is 0.381. The lowest BCUT2D eigenvalue weighted by molar-refractivity contribution is 0.0364. The molecule has 1 saturated heterocycles. The number of amides is 1. The van der Waals surface area contributed by atoms with Gasteiger partial charge < -0.3 is 19.4 Å². The van der Waals surface area contributed by atoms with Crippen LogP contribution in [0.1, 0.15) is 12.1 Å². The Morgan fingerprint density at radius 2 is 2.08 bits per heavy atom. The van der Waals surface area contributed by atoms with E-state index in [0.717, 1.165) is 0 Å². The number of pyridine rings is 1. The predicted octanol–water partition coefficient (Wildman–Crippen LogP) is 2.50. The lowest BCUT2D eigenvalue weighted by Crippen LogP contribution is -2.31. The molecule has 13 nitrogen and oxygen atoms in total. The first kappa shape index (κ1) is 24.3. The molecule has 5 rings (SSSR count). The summed E-state index contributed by atoms with van der Waals surface area (Å²) in [6.07, 6.45) is 0.164. The average molecular weight is 520 g/mol. The molecular formula is C21H22FN6O7P. The van der Waals surface area contributed by atoms with E-state index in [9.17, 15) is 9.36 Å². The van der Waals surface area contributed by atoms with Gasteiger partial charge in [-0.2, -0.15) is 5.11 Å². The number of hydrogen-bond donors (Lipinski definition) is 2. The number of anilines is 1. The lowest BCUT2D eigenvalue weighted by Gasteiger charge is -2.16. The molecule has 3 aliphatic rings. The van der Waals surface area contributed by atoms with Crippen LogP contribution in [0.25, 0.3) is 11.1 Å². The third kappa shape index (κ3) is 5.51. The number of benzene rings is 1. The summed E-state index contributed by atoms with van der Waals surface area (Å²) in [6.45, 7) is 1.68. The number of rotatable bonds is 8. The fourth-order valence-electron chi connectivity index (χ4n) is 4.01. The molecule has 0 unspecified atom stereocenters. The SMILES string of the molecule is O=C1O[C@@H](CN2CCN=N2)CN1c1ccc(-c2ccc(C3=NO[C@H](COP(=O)(O)O)C3)nc2)c(F)c1. The van der Waals surface area contributed by atoms with E-state index in [4.69, 9.17) is 19.4 Å². The van der Waals surface area contributed by atoms with Crippen molar-refractivity contribution >= 4 is 25.3 Å². The second kappa shape index (κ2) is 9.90. The first-order valence-corrected chi connectivity index (χ1v) is 12.6. The Morgan fingerprint density at radius 3 is 2.78 bits per heavy atom. The molecule has 0 bridgehead atoms. The van der Waals surface area contributed by atoms with Crippen molar-refractivity contribution in [1.29, 1.82) is 0 Å². The van der Waals surface area contributed by atoms with Crippen LogP contribution in [0.3, 0.4) is 0 Å². The summed E-state index contributed by atoms with van der Waals surface area (Å²) in [7, 11) is -4.60. The molecule has 3 aliphatic heterocycles. The van der Waals surface area contributed by atoms with Gasteiger partial charge in [0.2, 0.25) is 0 Å². The van der Waals surface area contributed by atoms with Crippen LogP contribution < -0.4 is 4.90 Å². The minimum atomic E-state index is -4.60. The van der Waals surface area contributed by atoms with Gasteiger partial charge in [0.25, 0.3) is 0 Å². The predicted molar refractivity (Wildman–Crippen MR) is 123 cm³/mol. The summed E-state index contributed by atoms with van der Waals surface area (Å²) in [6, 6.07) is 7.82. The van der Waals surface area contributed by atoms with Crippen LogP contribution in [0.2, 0.25) is 0 Å². The summed E-state index contributed by atoms with van der Waals surface area (Å²) in [5.74, 6) is -0.525. The van der Waals surface area contributed by atoms with Gasteiger partial charge in [-0.25, -0.2) is 13.8 Å². The van der Waals surface area contributed by atoms with Gasteiger partial charge in [-0.05, 0) is 24.3 Å². The second-order valence-electron chi connectivity index (χ2n) is 8.34. The molecule has 0 aliphatic carbocycles. The highest BCUT2D eigenvalue weighted by Gasteiger charge is 2.34. The number of carbonyl (C=O) groups is 1. The van der Waals surface area contributed by atoms with E-state index in [0.29, 0.717) is 47.9 Å². The zero-order valence-electron chi connectivity index (χ0n) is 18.8. The van der Waals surface area contributed by atoms with Gasteiger partial charge in [0.15, 0.2) is 6.10 Å². The number of aromatic nitrogens is 1. The van der Waals surface area contributed by atoms with Crippen LogP contribution in [-0.2, 0) is 18.7 Å². The van der Waals surface area contributed by atoms with Gasteiger partial charge >= 0.3 is 13.9 Å². The molecule has 2 aromatic rings. The molecule has 1 fully saturated rings. The van der Waals surface area contributed by atoms with Crippen molar-refractivity contribution in [1.82, 2.24) is 9.99 Å². The molecule has 1 aromatic carbocycles. The highest BCUT2D eigenvalue weighted by molar-refractivity contribution is 7.46. The molecule has 0 radical (unpaired) electrons. The van der Waals surface area contributed by atoms with E-state index in [-0.39, 0.29) is 25.7 Å². The number of phosphoric ester groups is 1. The lowest BCUT2D eigenvalue weighted by atomic mass is 10.0. The number of cyclic esters (lactones) is 1. The number of nitrogens with zero attached hydrogens (tertiary/aromatic N) is 6. The van der Waals surface area contributed by atoms with Gasteiger partial charge in [-0.1, -0.05) is 16.4 Å². The minimum Gasteiger partial charge on any atom is -0.442 e. The third-order valence-electron chi connectivity index (χ3n) is 5.73. The number of phosphoric acid groups is 1. The van der Waals surface area contributed by atoms with Crippen molar-refractivity contribution in [3.63, 3.8) is 0 Å². The van der Waals surface area contributed by atoms with Crippen LogP contribution >= 0.6 is 7.82 Å². The van der Waals surface area contributed by atoms with E-state index in [1.54, 1.807) is 29.3 Å². The summed E-state index contributed by atoms with van der Waals surface area (Å²) >= 11 is 0. The van der Waals surface area contributed by atoms with Crippen LogP contribution in [0.15, 0.2) is 52.0 Å². The van der Waals surface area contributed by atoms with Gasteiger partial charge in [0.1, 0.15) is 17.6 Å². The van der Waals surface area contributed by atoms with Crippen molar-refractivity contribution < 1.29 is 37.6 Å². The van der Waals surface area contributed by atoms with Crippen molar-refractivity contribution in [2.75, 3.05) is 37.7 Å². The fourth-order valence-corrected chi connectivity index (χ4v) is 4.37. The van der Waals surface area contributed by atoms with Gasteiger partial charge in [-0.3, -0.25) is 19.4 Å². The third-order valence-corrected chi connectivity index (χ3v) is 6.22. The van der Waals surface area contributed by atoms with E-state index < -0.39 is 25.8 Å². The Bertz CT molecular complexity index is 1250. The highest BCUT2D eigenvalue weighted by Crippen LogP contribution is 2.36. The largest absolute Gasteiger partial charge is 0.469 e. The zero-order valence-corrected chi connectivity index (χ0v) is 19.7. The molecule has 1 aromatic heterocycles. The maximum absolute atomic E-state index is 15.0. The number of hydrogen-bond acceptors (Lipinski definition) is 10. The summed E-state index contributed by atoms with van der Waals surface area (Å²) in [4.78, 5) is 40.8. The Hall–Kier alpha value is -3.45. The van der Waals surface area contributed by atoms with Crippen LogP contribution in [0.5, 0.6) is 0 Å². The number of carbonyl (C=O) groups excluding carboxylic acids is 1. The topological polar surface area (TPSA) is 159 Å². The van der Waals surface area contributed by atoms with E-state index in [2.05, 4.69) is 25.0 Å². The molecule has 2 atom stereocenters. The first-order chi connectivity index (χ1) is 17.2. The Labute approximate surface area is 204 Å². The molecule has 190 valence electrons. The molecular weight excluding hydrogens is 498 g/mol. The van der Waals surface area contributed by atoms with Gasteiger partial charge in [0, 0.05) is 23.7 Å². The summed E-state index contributed by atoms with van der Waals surface area (Å²) in [5, 5.41) is 13.5. The standard InChI is InChI=1S/C21H22FN6O7P/c22-18-7-14(28-11-16(34-21(28)29)10-27-6-5-24-26-27)2-3-17(18)13-1-4-19(23-9-13)20-8-15(35-25-20)12-33-36(30,31)32/h1-4,7,9,15-16H,5-6,8,10-12H2,(H2,30,31,32)/t15-,16-/m0/s1. The van der Waals surface area contributed by atoms with Crippen molar-refractivity contribution in [3.8, 4) is 11.1 Å².